The van der Waals surface area contributed by atoms with Crippen LogP contribution in [0.3, 0.4) is 0 Å². The summed E-state index contributed by atoms with van der Waals surface area (Å²) < 4.78 is 0. The zero-order valence-corrected chi connectivity index (χ0v) is 12.4. The van der Waals surface area contributed by atoms with Gasteiger partial charge in [-0.3, -0.25) is 0 Å². The smallest absolute Gasteiger partial charge is 0.337 e. The first kappa shape index (κ1) is 17.0. The van der Waals surface area contributed by atoms with E-state index in [9.17, 15) is 9.59 Å². The number of anilines is 2. The summed E-state index contributed by atoms with van der Waals surface area (Å²) in [7, 11) is 3.64. The standard InChI is InChI=1S/C9H11NO2.C7H7NO2/c1-10(2)8-6-4-3-5-7(8)9(11)12;8-6-4-2-1-3-5(6)7(9)10/h3-6H,1-2H3,(H,11,12);1-4H,8H2,(H,9,10). The highest BCUT2D eigenvalue weighted by atomic mass is 16.4. The highest BCUT2D eigenvalue weighted by molar-refractivity contribution is 5.94. The zero-order chi connectivity index (χ0) is 16.7. The molecule has 0 unspecified atom stereocenters. The van der Waals surface area contributed by atoms with Gasteiger partial charge in [0.15, 0.2) is 0 Å². The Hall–Kier alpha value is -3.02. The fraction of sp³-hybridized carbons (Fsp3) is 0.125. The molecular weight excluding hydrogens is 284 g/mol. The Kier molecular flexibility index (Phi) is 5.95. The first-order valence-electron chi connectivity index (χ1n) is 6.42. The largest absolute Gasteiger partial charge is 0.478 e. The monoisotopic (exact) mass is 302 g/mol. The fourth-order valence-corrected chi connectivity index (χ4v) is 1.74. The summed E-state index contributed by atoms with van der Waals surface area (Å²) in [6.07, 6.45) is 0. The van der Waals surface area contributed by atoms with E-state index in [1.807, 2.05) is 20.2 Å². The zero-order valence-electron chi connectivity index (χ0n) is 12.4. The average molecular weight is 302 g/mol. The molecule has 0 radical (unpaired) electrons. The molecule has 0 aliphatic heterocycles. The lowest BCUT2D eigenvalue weighted by molar-refractivity contribution is 0.0687. The SMILES string of the molecule is CN(C)c1ccccc1C(=O)O.Nc1ccccc1C(=O)O. The Morgan fingerprint density at radius 2 is 1.32 bits per heavy atom. The molecule has 0 amide bonds. The number of hydrogen-bond donors (Lipinski definition) is 3. The summed E-state index contributed by atoms with van der Waals surface area (Å²) >= 11 is 0. The van der Waals surface area contributed by atoms with Crippen LogP contribution in [0.15, 0.2) is 48.5 Å². The van der Waals surface area contributed by atoms with Crippen LogP contribution in [0, 0.1) is 0 Å². The predicted molar refractivity (Wildman–Crippen MR) is 85.5 cm³/mol. The van der Waals surface area contributed by atoms with Crippen molar-refractivity contribution in [1.82, 2.24) is 0 Å². The lowest BCUT2D eigenvalue weighted by atomic mass is 10.2. The van der Waals surface area contributed by atoms with Crippen molar-refractivity contribution in [3.05, 3.63) is 59.7 Å². The van der Waals surface area contributed by atoms with Crippen LogP contribution in [0.1, 0.15) is 20.7 Å². The number of nitrogen functional groups attached to an aromatic ring is 1. The van der Waals surface area contributed by atoms with E-state index in [2.05, 4.69) is 0 Å². The molecule has 0 spiro atoms. The van der Waals surface area contributed by atoms with Gasteiger partial charge in [0.1, 0.15) is 0 Å². The number of aromatic carboxylic acids is 2. The second-order valence-electron chi connectivity index (χ2n) is 4.61. The van der Waals surface area contributed by atoms with Crippen molar-refractivity contribution >= 4 is 23.3 Å². The number of nitrogens with zero attached hydrogens (tertiary/aromatic N) is 1. The maximum atomic E-state index is 10.7. The number of carboxylic acids is 2. The van der Waals surface area contributed by atoms with Crippen molar-refractivity contribution in [3.8, 4) is 0 Å². The molecular formula is C16H18N2O4. The second kappa shape index (κ2) is 7.68. The molecule has 2 rings (SSSR count). The molecule has 116 valence electrons. The van der Waals surface area contributed by atoms with Gasteiger partial charge >= 0.3 is 11.9 Å². The second-order valence-corrected chi connectivity index (χ2v) is 4.61. The van der Waals surface area contributed by atoms with Gasteiger partial charge in [0.2, 0.25) is 0 Å². The third kappa shape index (κ3) is 4.52. The molecule has 0 saturated heterocycles. The Morgan fingerprint density at radius 3 is 1.68 bits per heavy atom. The first-order chi connectivity index (χ1) is 10.3. The Labute approximate surface area is 128 Å². The van der Waals surface area contributed by atoms with Gasteiger partial charge in [0.05, 0.1) is 16.8 Å². The van der Waals surface area contributed by atoms with Crippen LogP contribution in [0.4, 0.5) is 11.4 Å². The lowest BCUT2D eigenvalue weighted by Crippen LogP contribution is -2.13. The number of nitrogens with two attached hydrogens (primary N) is 1. The molecule has 2 aromatic rings. The highest BCUT2D eigenvalue weighted by Crippen LogP contribution is 2.17. The number of benzene rings is 2. The normalized spacial score (nSPS) is 9.36. The van der Waals surface area contributed by atoms with Gasteiger partial charge < -0.3 is 20.8 Å². The maximum Gasteiger partial charge on any atom is 0.337 e. The van der Waals surface area contributed by atoms with Gasteiger partial charge in [-0.05, 0) is 24.3 Å². The molecule has 22 heavy (non-hydrogen) atoms. The summed E-state index contributed by atoms with van der Waals surface area (Å²) in [5.74, 6) is -1.88. The molecule has 0 atom stereocenters. The van der Waals surface area contributed by atoms with Gasteiger partial charge in [0, 0.05) is 19.8 Å². The minimum absolute atomic E-state index is 0.155. The van der Waals surface area contributed by atoms with Crippen LogP contribution in [0.5, 0.6) is 0 Å². The van der Waals surface area contributed by atoms with Gasteiger partial charge in [-0.1, -0.05) is 24.3 Å². The summed E-state index contributed by atoms with van der Waals surface area (Å²) in [4.78, 5) is 22.8. The van der Waals surface area contributed by atoms with E-state index in [0.29, 0.717) is 11.3 Å². The van der Waals surface area contributed by atoms with Gasteiger partial charge in [-0.25, -0.2) is 9.59 Å². The summed E-state index contributed by atoms with van der Waals surface area (Å²) in [5.41, 5.74) is 6.86. The van der Waals surface area contributed by atoms with Crippen molar-refractivity contribution in [2.45, 2.75) is 0 Å². The summed E-state index contributed by atoms with van der Waals surface area (Å²) in [6.45, 7) is 0. The minimum Gasteiger partial charge on any atom is -0.478 e. The number of para-hydroxylation sites is 2. The molecule has 0 saturated carbocycles. The number of carboxylic acid groups (broad SMARTS) is 2. The van der Waals surface area contributed by atoms with Crippen LogP contribution >= 0.6 is 0 Å². The maximum absolute atomic E-state index is 10.7. The van der Waals surface area contributed by atoms with E-state index in [-0.39, 0.29) is 5.56 Å². The summed E-state index contributed by atoms with van der Waals surface area (Å²) in [5, 5.41) is 17.3. The van der Waals surface area contributed by atoms with E-state index in [4.69, 9.17) is 15.9 Å². The van der Waals surface area contributed by atoms with E-state index in [1.165, 1.54) is 6.07 Å². The minimum atomic E-state index is -0.988. The Bertz CT molecular complexity index is 669. The van der Waals surface area contributed by atoms with Crippen LogP contribution in [0.25, 0.3) is 0 Å². The topological polar surface area (TPSA) is 104 Å². The molecule has 0 fully saturated rings. The Morgan fingerprint density at radius 1 is 0.864 bits per heavy atom. The van der Waals surface area contributed by atoms with Gasteiger partial charge in [-0.2, -0.15) is 0 Å². The predicted octanol–water partition coefficient (Wildman–Crippen LogP) is 2.42. The molecule has 0 heterocycles. The molecule has 0 aliphatic carbocycles. The number of hydrogen-bond acceptors (Lipinski definition) is 4. The Balaban J connectivity index is 0.000000224. The molecule has 2 aromatic carbocycles. The molecule has 0 bridgehead atoms. The van der Waals surface area contributed by atoms with Crippen molar-refractivity contribution in [1.29, 1.82) is 0 Å². The number of carbonyl (C=O) groups is 2. The summed E-state index contributed by atoms with van der Waals surface area (Å²) in [6, 6.07) is 13.3. The van der Waals surface area contributed by atoms with E-state index < -0.39 is 11.9 Å². The molecule has 0 aromatic heterocycles. The van der Waals surface area contributed by atoms with Crippen molar-refractivity contribution in [2.75, 3.05) is 24.7 Å². The highest BCUT2D eigenvalue weighted by Gasteiger charge is 2.09. The van der Waals surface area contributed by atoms with Crippen LogP contribution in [-0.4, -0.2) is 36.2 Å². The van der Waals surface area contributed by atoms with Crippen LogP contribution < -0.4 is 10.6 Å². The molecule has 6 nitrogen and oxygen atoms in total. The van der Waals surface area contributed by atoms with Gasteiger partial charge in [-0.15, -0.1) is 0 Å². The fourth-order valence-electron chi connectivity index (χ4n) is 1.74. The molecule has 0 aliphatic rings. The van der Waals surface area contributed by atoms with E-state index in [1.54, 1.807) is 41.3 Å². The third-order valence-electron chi connectivity index (χ3n) is 2.81. The number of rotatable bonds is 3. The average Bonchev–Trinajstić information content (AvgIpc) is 2.48. The first-order valence-corrected chi connectivity index (χ1v) is 6.42. The molecule has 6 heteroatoms. The van der Waals surface area contributed by atoms with Gasteiger partial charge in [0.25, 0.3) is 0 Å². The third-order valence-corrected chi connectivity index (χ3v) is 2.81. The van der Waals surface area contributed by atoms with Crippen LogP contribution in [-0.2, 0) is 0 Å². The molecule has 4 N–H and O–H groups in total. The van der Waals surface area contributed by atoms with E-state index >= 15 is 0 Å². The van der Waals surface area contributed by atoms with E-state index in [0.717, 1.165) is 5.69 Å². The van der Waals surface area contributed by atoms with Crippen molar-refractivity contribution in [2.24, 2.45) is 0 Å². The van der Waals surface area contributed by atoms with Crippen molar-refractivity contribution < 1.29 is 19.8 Å². The van der Waals surface area contributed by atoms with Crippen LogP contribution in [0.2, 0.25) is 0 Å². The lowest BCUT2D eigenvalue weighted by Gasteiger charge is -2.14. The van der Waals surface area contributed by atoms with Crippen molar-refractivity contribution in [3.63, 3.8) is 0 Å². The quantitative estimate of drug-likeness (QED) is 0.752.